The first-order valence-electron chi connectivity index (χ1n) is 9.47. The maximum absolute atomic E-state index is 12.4. The smallest absolute Gasteiger partial charge is 0.251 e. The molecule has 152 valence electrons. The molecular weight excluding hydrogens is 394 g/mol. The summed E-state index contributed by atoms with van der Waals surface area (Å²) in [5, 5.41) is 3.32. The molecule has 4 nitrogen and oxygen atoms in total. The van der Waals surface area contributed by atoms with Gasteiger partial charge in [-0.3, -0.25) is 4.79 Å². The van der Waals surface area contributed by atoms with E-state index in [1.165, 1.54) is 4.90 Å². The Balaban J connectivity index is 1.85. The van der Waals surface area contributed by atoms with Crippen molar-refractivity contribution in [1.29, 1.82) is 0 Å². The van der Waals surface area contributed by atoms with Crippen LogP contribution < -0.4 is 14.8 Å². The molecule has 0 saturated carbocycles. The first kappa shape index (κ1) is 22.4. The van der Waals surface area contributed by atoms with Crippen molar-refractivity contribution in [2.45, 2.75) is 31.6 Å². The second kappa shape index (κ2) is 11.9. The number of carbonyl (C=O) groups is 1. The van der Waals surface area contributed by atoms with Gasteiger partial charge < -0.3 is 14.8 Å². The summed E-state index contributed by atoms with van der Waals surface area (Å²) in [5.41, 5.74) is 0.466. The third-order valence-corrected chi connectivity index (χ3v) is 5.43. The third-order valence-electron chi connectivity index (χ3n) is 4.05. The molecule has 0 aromatic heterocycles. The Morgan fingerprint density at radius 2 is 1.96 bits per heavy atom. The van der Waals surface area contributed by atoms with Crippen molar-refractivity contribution in [3.8, 4) is 11.5 Å². The van der Waals surface area contributed by atoms with Gasteiger partial charge in [0.2, 0.25) is 0 Å². The average molecular weight is 422 g/mol. The standard InChI is InChI=1S/C22H28ClNO3S/c1-16(2)10-12-27-21-19(23)14-17(15-20(21)26-3)22(25)24-11-7-13-28-18-8-5-4-6-9-18/h4-6,8-9,14-16H,7,10-13H2,1-3H3,(H,24,25). The molecule has 6 heteroatoms. The molecule has 28 heavy (non-hydrogen) atoms. The van der Waals surface area contributed by atoms with Crippen LogP contribution in [-0.4, -0.2) is 31.9 Å². The van der Waals surface area contributed by atoms with Gasteiger partial charge in [0.25, 0.3) is 5.91 Å². The van der Waals surface area contributed by atoms with Crippen molar-refractivity contribution in [2.75, 3.05) is 26.0 Å². The second-order valence-corrected chi connectivity index (χ2v) is 8.37. The lowest BCUT2D eigenvalue weighted by molar-refractivity contribution is 0.0953. The number of hydrogen-bond acceptors (Lipinski definition) is 4. The molecule has 0 spiro atoms. The van der Waals surface area contributed by atoms with Crippen LogP contribution in [0.15, 0.2) is 47.4 Å². The highest BCUT2D eigenvalue weighted by Gasteiger charge is 2.16. The maximum Gasteiger partial charge on any atom is 0.251 e. The normalized spacial score (nSPS) is 10.8. The SMILES string of the molecule is COc1cc(C(=O)NCCCSc2ccccc2)cc(Cl)c1OCCC(C)C. The highest BCUT2D eigenvalue weighted by atomic mass is 35.5. The molecule has 2 aromatic rings. The van der Waals surface area contributed by atoms with E-state index in [2.05, 4.69) is 31.3 Å². The van der Waals surface area contributed by atoms with Crippen LogP contribution in [0.2, 0.25) is 5.02 Å². The fourth-order valence-corrected chi connectivity index (χ4v) is 3.61. The highest BCUT2D eigenvalue weighted by Crippen LogP contribution is 2.36. The summed E-state index contributed by atoms with van der Waals surface area (Å²) in [6.07, 6.45) is 1.80. The summed E-state index contributed by atoms with van der Waals surface area (Å²) in [5.74, 6) is 2.27. The quantitative estimate of drug-likeness (QED) is 0.374. The number of carbonyl (C=O) groups excluding carboxylic acids is 1. The first-order valence-corrected chi connectivity index (χ1v) is 10.8. The number of nitrogens with one attached hydrogen (secondary N) is 1. The molecule has 0 atom stereocenters. The zero-order chi connectivity index (χ0) is 20.4. The van der Waals surface area contributed by atoms with Crippen LogP contribution in [-0.2, 0) is 0 Å². The maximum atomic E-state index is 12.4. The van der Waals surface area contributed by atoms with Gasteiger partial charge in [0.15, 0.2) is 11.5 Å². The van der Waals surface area contributed by atoms with Crippen LogP contribution in [0.25, 0.3) is 0 Å². The number of halogens is 1. The van der Waals surface area contributed by atoms with Gasteiger partial charge in [0, 0.05) is 17.0 Å². The zero-order valence-electron chi connectivity index (χ0n) is 16.7. The Morgan fingerprint density at radius 3 is 2.64 bits per heavy atom. The minimum Gasteiger partial charge on any atom is -0.493 e. The molecule has 1 amide bonds. The molecular formula is C22H28ClNO3S. The number of rotatable bonds is 11. The summed E-state index contributed by atoms with van der Waals surface area (Å²) in [6.45, 7) is 5.42. The number of hydrogen-bond donors (Lipinski definition) is 1. The van der Waals surface area contributed by atoms with Gasteiger partial charge in [0.05, 0.1) is 18.7 Å². The summed E-state index contributed by atoms with van der Waals surface area (Å²) in [6, 6.07) is 13.5. The lowest BCUT2D eigenvalue weighted by Crippen LogP contribution is -2.24. The molecule has 0 radical (unpaired) electrons. The van der Waals surface area contributed by atoms with Gasteiger partial charge in [0.1, 0.15) is 0 Å². The molecule has 0 unspecified atom stereocenters. The van der Waals surface area contributed by atoms with Crippen molar-refractivity contribution >= 4 is 29.3 Å². The van der Waals surface area contributed by atoms with Gasteiger partial charge in [-0.05, 0) is 48.8 Å². The van der Waals surface area contributed by atoms with E-state index < -0.39 is 0 Å². The predicted molar refractivity (Wildman–Crippen MR) is 117 cm³/mol. The van der Waals surface area contributed by atoms with Crippen LogP contribution in [0.1, 0.15) is 37.0 Å². The summed E-state index contributed by atoms with van der Waals surface area (Å²) in [4.78, 5) is 13.7. The van der Waals surface area contributed by atoms with Gasteiger partial charge in [-0.15, -0.1) is 11.8 Å². The van der Waals surface area contributed by atoms with Crippen LogP contribution in [0.4, 0.5) is 0 Å². The summed E-state index contributed by atoms with van der Waals surface area (Å²) < 4.78 is 11.1. The minimum absolute atomic E-state index is 0.168. The van der Waals surface area contributed by atoms with Crippen molar-refractivity contribution in [3.63, 3.8) is 0 Å². The van der Waals surface area contributed by atoms with Crippen molar-refractivity contribution in [2.24, 2.45) is 5.92 Å². The molecule has 0 fully saturated rings. The fraction of sp³-hybridized carbons (Fsp3) is 0.409. The lowest BCUT2D eigenvalue weighted by Gasteiger charge is -2.15. The van der Waals surface area contributed by atoms with Crippen LogP contribution in [0.3, 0.4) is 0 Å². The third kappa shape index (κ3) is 7.28. The molecule has 2 rings (SSSR count). The van der Waals surface area contributed by atoms with E-state index in [-0.39, 0.29) is 5.91 Å². The first-order chi connectivity index (χ1) is 13.5. The van der Waals surface area contributed by atoms with Crippen molar-refractivity contribution in [1.82, 2.24) is 5.32 Å². The van der Waals surface area contributed by atoms with Crippen molar-refractivity contribution < 1.29 is 14.3 Å². The Morgan fingerprint density at radius 1 is 1.21 bits per heavy atom. The molecule has 0 aliphatic rings. The van der Waals surface area contributed by atoms with Crippen LogP contribution in [0, 0.1) is 5.92 Å². The molecule has 2 aromatic carbocycles. The van der Waals surface area contributed by atoms with Crippen LogP contribution in [0.5, 0.6) is 11.5 Å². The number of methoxy groups -OCH3 is 1. The number of ether oxygens (including phenoxy) is 2. The Kier molecular flexibility index (Phi) is 9.51. The van der Waals surface area contributed by atoms with Gasteiger partial charge in [-0.2, -0.15) is 0 Å². The lowest BCUT2D eigenvalue weighted by atomic mass is 10.1. The topological polar surface area (TPSA) is 47.6 Å². The summed E-state index contributed by atoms with van der Waals surface area (Å²) >= 11 is 8.11. The molecule has 0 aliphatic heterocycles. The Labute approximate surface area is 177 Å². The molecule has 0 bridgehead atoms. The zero-order valence-corrected chi connectivity index (χ0v) is 18.2. The molecule has 0 saturated heterocycles. The van der Waals surface area contributed by atoms with E-state index in [4.69, 9.17) is 21.1 Å². The molecule has 0 heterocycles. The number of thioether (sulfide) groups is 1. The highest BCUT2D eigenvalue weighted by molar-refractivity contribution is 7.99. The molecule has 0 aliphatic carbocycles. The summed E-state index contributed by atoms with van der Waals surface area (Å²) in [7, 11) is 1.55. The van der Waals surface area contributed by atoms with E-state index in [0.717, 1.165) is 18.6 Å². The van der Waals surface area contributed by atoms with Gasteiger partial charge >= 0.3 is 0 Å². The average Bonchev–Trinajstić information content (AvgIpc) is 2.69. The minimum atomic E-state index is -0.168. The monoisotopic (exact) mass is 421 g/mol. The Hall–Kier alpha value is -1.85. The van der Waals surface area contributed by atoms with E-state index in [9.17, 15) is 4.79 Å². The fourth-order valence-electron chi connectivity index (χ4n) is 2.47. The van der Waals surface area contributed by atoms with Gasteiger partial charge in [-0.1, -0.05) is 43.6 Å². The number of benzene rings is 2. The van der Waals surface area contributed by atoms with E-state index >= 15 is 0 Å². The largest absolute Gasteiger partial charge is 0.493 e. The predicted octanol–water partition coefficient (Wildman–Crippen LogP) is 5.69. The Bertz CT molecular complexity index is 753. The van der Waals surface area contributed by atoms with E-state index in [0.29, 0.717) is 41.2 Å². The van der Waals surface area contributed by atoms with Crippen molar-refractivity contribution in [3.05, 3.63) is 53.1 Å². The van der Waals surface area contributed by atoms with Gasteiger partial charge in [-0.25, -0.2) is 0 Å². The number of amides is 1. The van der Waals surface area contributed by atoms with E-state index in [1.807, 2.05) is 18.2 Å². The second-order valence-electron chi connectivity index (χ2n) is 6.79. The van der Waals surface area contributed by atoms with Crippen LogP contribution >= 0.6 is 23.4 Å². The van der Waals surface area contributed by atoms with E-state index in [1.54, 1.807) is 31.0 Å². The molecule has 1 N–H and O–H groups in total.